The number of hydrogen-bond acceptors (Lipinski definition) is 4. The predicted molar refractivity (Wildman–Crippen MR) is 85.9 cm³/mol. The maximum absolute atomic E-state index is 12.4. The molecule has 4 amide bonds. The molecule has 1 aromatic heterocycles. The number of urea groups is 1. The Balaban J connectivity index is 1.52. The smallest absolute Gasteiger partial charge is 0.327 e. The minimum atomic E-state index is -0.766. The van der Waals surface area contributed by atoms with Crippen LogP contribution in [0.2, 0.25) is 0 Å². The zero-order valence-electron chi connectivity index (χ0n) is 14.1. The first-order valence-electron chi connectivity index (χ1n) is 8.27. The highest BCUT2D eigenvalue weighted by Crippen LogP contribution is 2.35. The molecular weight excluding hydrogens is 310 g/mol. The molecule has 8 nitrogen and oxygen atoms in total. The van der Waals surface area contributed by atoms with Gasteiger partial charge in [0.15, 0.2) is 0 Å². The highest BCUT2D eigenvalue weighted by atomic mass is 16.2. The summed E-state index contributed by atoms with van der Waals surface area (Å²) in [5.74, 6) is -0.0504. The van der Waals surface area contributed by atoms with Gasteiger partial charge in [-0.25, -0.2) is 4.79 Å². The first-order valence-corrected chi connectivity index (χ1v) is 8.27. The largest absolute Gasteiger partial charge is 0.342 e. The number of carbonyl (C=O) groups excluding carboxylic acids is 3. The quantitative estimate of drug-likeness (QED) is 0.754. The summed E-state index contributed by atoms with van der Waals surface area (Å²) in [4.78, 5) is 41.3. The fraction of sp³-hybridized carbons (Fsp3) is 0.625. The van der Waals surface area contributed by atoms with Crippen molar-refractivity contribution in [1.82, 2.24) is 24.5 Å². The van der Waals surface area contributed by atoms with Crippen molar-refractivity contribution < 1.29 is 14.4 Å². The van der Waals surface area contributed by atoms with Crippen LogP contribution in [0.15, 0.2) is 18.5 Å². The Hall–Kier alpha value is -2.38. The third-order valence-electron chi connectivity index (χ3n) is 5.20. The molecule has 8 heteroatoms. The molecule has 2 aliphatic rings. The summed E-state index contributed by atoms with van der Waals surface area (Å²) in [5, 5.41) is 4.12. The van der Waals surface area contributed by atoms with Crippen LogP contribution in [0, 0.1) is 0 Å². The molecule has 0 atom stereocenters. The molecule has 2 fully saturated rings. The Kier molecular flexibility index (Phi) is 4.29. The van der Waals surface area contributed by atoms with E-state index in [0.717, 1.165) is 13.0 Å². The summed E-state index contributed by atoms with van der Waals surface area (Å²) in [6, 6.07) is 1.60. The standard InChI is InChI=1S/C16H23N5O3/c1-18-14(23)16(19(2)15(18)24)6-11-20(12-7-16)13(22)5-3-9-21-10-4-8-17-21/h4,8,10H,3,5-7,9,11-12H2,1-2H3. The highest BCUT2D eigenvalue weighted by molar-refractivity contribution is 6.06. The van der Waals surface area contributed by atoms with Gasteiger partial charge >= 0.3 is 6.03 Å². The molecule has 0 N–H and O–H groups in total. The van der Waals surface area contributed by atoms with Crippen LogP contribution < -0.4 is 0 Å². The maximum atomic E-state index is 12.4. The van der Waals surface area contributed by atoms with Crippen LogP contribution in [0.5, 0.6) is 0 Å². The second kappa shape index (κ2) is 6.26. The summed E-state index contributed by atoms with van der Waals surface area (Å²) < 4.78 is 1.81. The summed E-state index contributed by atoms with van der Waals surface area (Å²) in [6.07, 6.45) is 5.81. The monoisotopic (exact) mass is 333 g/mol. The minimum absolute atomic E-state index is 0.102. The van der Waals surface area contributed by atoms with Gasteiger partial charge in [-0.2, -0.15) is 5.10 Å². The third-order valence-corrected chi connectivity index (χ3v) is 5.20. The van der Waals surface area contributed by atoms with E-state index in [2.05, 4.69) is 5.10 Å². The van der Waals surface area contributed by atoms with Crippen LogP contribution in [0.1, 0.15) is 25.7 Å². The molecule has 2 aliphatic heterocycles. The van der Waals surface area contributed by atoms with Crippen molar-refractivity contribution in [1.29, 1.82) is 0 Å². The lowest BCUT2D eigenvalue weighted by Crippen LogP contribution is -2.56. The molecule has 0 saturated carbocycles. The average molecular weight is 333 g/mol. The van der Waals surface area contributed by atoms with Gasteiger partial charge in [0.05, 0.1) is 0 Å². The van der Waals surface area contributed by atoms with E-state index in [1.807, 2.05) is 16.9 Å². The fourth-order valence-electron chi connectivity index (χ4n) is 3.61. The number of rotatable bonds is 4. The van der Waals surface area contributed by atoms with Gasteiger partial charge in [0.25, 0.3) is 5.91 Å². The molecule has 130 valence electrons. The van der Waals surface area contributed by atoms with E-state index in [4.69, 9.17) is 0 Å². The molecule has 24 heavy (non-hydrogen) atoms. The van der Waals surface area contributed by atoms with Crippen LogP contribution in [0.25, 0.3) is 0 Å². The van der Waals surface area contributed by atoms with Gasteiger partial charge in [-0.15, -0.1) is 0 Å². The van der Waals surface area contributed by atoms with Gasteiger partial charge in [-0.3, -0.25) is 19.2 Å². The normalized spacial score (nSPS) is 20.3. The number of amides is 4. The van der Waals surface area contributed by atoms with Crippen molar-refractivity contribution in [2.24, 2.45) is 0 Å². The molecular formula is C16H23N5O3. The SMILES string of the molecule is CN1C(=O)N(C)C2(CCN(C(=O)CCCn3cccn3)CC2)C1=O. The molecule has 1 spiro atoms. The molecule has 3 heterocycles. The van der Waals surface area contributed by atoms with E-state index >= 15 is 0 Å². The van der Waals surface area contributed by atoms with Crippen molar-refractivity contribution in [2.75, 3.05) is 27.2 Å². The van der Waals surface area contributed by atoms with Gasteiger partial charge in [-0.05, 0) is 25.3 Å². The second-order valence-electron chi connectivity index (χ2n) is 6.49. The van der Waals surface area contributed by atoms with Gasteiger partial charge in [0.2, 0.25) is 5.91 Å². The Morgan fingerprint density at radius 2 is 1.96 bits per heavy atom. The summed E-state index contributed by atoms with van der Waals surface area (Å²) in [6.45, 7) is 1.74. The van der Waals surface area contributed by atoms with Crippen molar-refractivity contribution in [2.45, 2.75) is 37.8 Å². The van der Waals surface area contributed by atoms with E-state index in [-0.39, 0.29) is 17.8 Å². The lowest BCUT2D eigenvalue weighted by molar-refractivity contribution is -0.140. The van der Waals surface area contributed by atoms with Crippen molar-refractivity contribution in [3.05, 3.63) is 18.5 Å². The molecule has 0 unspecified atom stereocenters. The summed E-state index contributed by atoms with van der Waals surface area (Å²) in [7, 11) is 3.19. The summed E-state index contributed by atoms with van der Waals surface area (Å²) >= 11 is 0. The lowest BCUT2D eigenvalue weighted by atomic mass is 9.86. The van der Waals surface area contributed by atoms with Crippen LogP contribution in [-0.4, -0.2) is 75.0 Å². The number of likely N-dealkylation sites (N-methyl/N-ethyl adjacent to an activating group) is 2. The van der Waals surface area contributed by atoms with E-state index < -0.39 is 5.54 Å². The van der Waals surface area contributed by atoms with E-state index in [9.17, 15) is 14.4 Å². The Labute approximate surface area is 141 Å². The highest BCUT2D eigenvalue weighted by Gasteiger charge is 2.55. The maximum Gasteiger partial charge on any atom is 0.327 e. The Morgan fingerprint density at radius 1 is 1.25 bits per heavy atom. The first kappa shape index (κ1) is 16.5. The molecule has 1 aromatic rings. The third kappa shape index (κ3) is 2.65. The number of likely N-dealkylation sites (tertiary alicyclic amines) is 1. The number of imide groups is 1. The number of nitrogens with zero attached hydrogens (tertiary/aromatic N) is 5. The first-order chi connectivity index (χ1) is 11.5. The van der Waals surface area contributed by atoms with Crippen LogP contribution in [0.4, 0.5) is 4.79 Å². The lowest BCUT2D eigenvalue weighted by Gasteiger charge is -2.40. The zero-order chi connectivity index (χ0) is 17.3. The topological polar surface area (TPSA) is 78.8 Å². The molecule has 0 aliphatic carbocycles. The molecule has 3 rings (SSSR count). The van der Waals surface area contributed by atoms with Crippen molar-refractivity contribution in [3.8, 4) is 0 Å². The van der Waals surface area contributed by atoms with Crippen LogP contribution in [0.3, 0.4) is 0 Å². The van der Waals surface area contributed by atoms with E-state index in [1.54, 1.807) is 18.1 Å². The van der Waals surface area contributed by atoms with Crippen LogP contribution in [-0.2, 0) is 16.1 Å². The average Bonchev–Trinajstić information content (AvgIpc) is 3.16. The molecule has 0 aromatic carbocycles. The van der Waals surface area contributed by atoms with Gasteiger partial charge in [-0.1, -0.05) is 0 Å². The molecule has 0 radical (unpaired) electrons. The van der Waals surface area contributed by atoms with Gasteiger partial charge in [0.1, 0.15) is 5.54 Å². The van der Waals surface area contributed by atoms with Crippen LogP contribution >= 0.6 is 0 Å². The molecule has 2 saturated heterocycles. The van der Waals surface area contributed by atoms with E-state index in [0.29, 0.717) is 32.4 Å². The predicted octanol–water partition coefficient (Wildman–Crippen LogP) is 0.548. The van der Waals surface area contributed by atoms with Gasteiger partial charge in [0, 0.05) is 52.5 Å². The Bertz CT molecular complexity index is 634. The minimum Gasteiger partial charge on any atom is -0.342 e. The number of aryl methyl sites for hydroxylation is 1. The van der Waals surface area contributed by atoms with Crippen molar-refractivity contribution >= 4 is 17.8 Å². The number of aromatic nitrogens is 2. The molecule has 0 bridgehead atoms. The van der Waals surface area contributed by atoms with E-state index in [1.165, 1.54) is 16.8 Å². The van der Waals surface area contributed by atoms with Crippen molar-refractivity contribution in [3.63, 3.8) is 0 Å². The van der Waals surface area contributed by atoms with Gasteiger partial charge < -0.3 is 9.80 Å². The fourth-order valence-corrected chi connectivity index (χ4v) is 3.61. The number of carbonyl (C=O) groups is 3. The number of hydrogen-bond donors (Lipinski definition) is 0. The number of piperidine rings is 1. The summed E-state index contributed by atoms with van der Waals surface area (Å²) in [5.41, 5.74) is -0.766. The Morgan fingerprint density at radius 3 is 2.50 bits per heavy atom. The second-order valence-corrected chi connectivity index (χ2v) is 6.49. The zero-order valence-corrected chi connectivity index (χ0v) is 14.1.